The van der Waals surface area contributed by atoms with Gasteiger partial charge in [-0.2, -0.15) is 0 Å². The van der Waals surface area contributed by atoms with Crippen molar-refractivity contribution >= 4 is 39.1 Å². The van der Waals surface area contributed by atoms with Crippen LogP contribution in [-0.2, 0) is 16.0 Å². The number of carbonyl (C=O) groups excluding carboxylic acids is 1. The third kappa shape index (κ3) is 4.30. The van der Waals surface area contributed by atoms with Crippen molar-refractivity contribution in [2.45, 2.75) is 39.0 Å². The molecule has 4 nitrogen and oxygen atoms in total. The molecule has 2 heterocycles. The summed E-state index contributed by atoms with van der Waals surface area (Å²) in [4.78, 5) is 26.5. The molecule has 116 valence electrons. The summed E-state index contributed by atoms with van der Waals surface area (Å²) in [5, 5.41) is 9.28. The van der Waals surface area contributed by atoms with E-state index in [2.05, 4.69) is 22.0 Å². The fourth-order valence-electron chi connectivity index (χ4n) is 2.68. The molecule has 6 heteroatoms. The zero-order chi connectivity index (χ0) is 15.5. The van der Waals surface area contributed by atoms with Gasteiger partial charge in [-0.1, -0.05) is 0 Å². The predicted molar refractivity (Wildman–Crippen MR) is 86.5 cm³/mol. The van der Waals surface area contributed by atoms with Gasteiger partial charge < -0.3 is 10.0 Å². The Labute approximate surface area is 137 Å². The number of halogens is 1. The minimum absolute atomic E-state index is 0.0813. The van der Waals surface area contributed by atoms with E-state index in [1.165, 1.54) is 4.88 Å². The van der Waals surface area contributed by atoms with E-state index in [0.717, 1.165) is 23.0 Å². The Balaban J connectivity index is 1.81. The van der Waals surface area contributed by atoms with E-state index in [1.54, 1.807) is 23.2 Å². The molecule has 1 unspecified atom stereocenters. The van der Waals surface area contributed by atoms with Gasteiger partial charge in [0.05, 0.1) is 9.20 Å². The number of carboxylic acids is 1. The van der Waals surface area contributed by atoms with E-state index in [9.17, 15) is 14.7 Å². The van der Waals surface area contributed by atoms with Gasteiger partial charge in [-0.15, -0.1) is 11.3 Å². The van der Waals surface area contributed by atoms with Gasteiger partial charge in [0.2, 0.25) is 5.91 Å². The lowest BCUT2D eigenvalue weighted by Gasteiger charge is -2.37. The molecule has 0 aromatic carbocycles. The summed E-state index contributed by atoms with van der Waals surface area (Å²) in [5.41, 5.74) is -0.785. The monoisotopic (exact) mass is 373 g/mol. The van der Waals surface area contributed by atoms with Crippen LogP contribution < -0.4 is 0 Å². The molecule has 0 bridgehead atoms. The molecule has 1 fully saturated rings. The van der Waals surface area contributed by atoms with Crippen LogP contribution in [0.15, 0.2) is 15.9 Å². The van der Waals surface area contributed by atoms with Gasteiger partial charge in [0.15, 0.2) is 0 Å². The third-order valence-electron chi connectivity index (χ3n) is 4.01. The van der Waals surface area contributed by atoms with Crippen molar-refractivity contribution in [3.05, 3.63) is 20.8 Å². The van der Waals surface area contributed by atoms with Gasteiger partial charge >= 0.3 is 5.97 Å². The first kappa shape index (κ1) is 16.5. The lowest BCUT2D eigenvalue weighted by atomic mass is 9.82. The highest BCUT2D eigenvalue weighted by molar-refractivity contribution is 9.11. The van der Waals surface area contributed by atoms with Crippen LogP contribution in [0, 0.1) is 5.41 Å². The zero-order valence-electron chi connectivity index (χ0n) is 12.1. The van der Waals surface area contributed by atoms with E-state index in [4.69, 9.17) is 0 Å². The second-order valence-corrected chi connectivity index (χ2v) is 8.39. The predicted octanol–water partition coefficient (Wildman–Crippen LogP) is 3.55. The first-order valence-corrected chi connectivity index (χ1v) is 8.77. The van der Waals surface area contributed by atoms with Crippen molar-refractivity contribution in [3.63, 3.8) is 0 Å². The highest BCUT2D eigenvalue weighted by atomic mass is 79.9. The summed E-state index contributed by atoms with van der Waals surface area (Å²) in [6.07, 6.45) is 3.62. The molecule has 1 atom stereocenters. The van der Waals surface area contributed by atoms with Crippen LogP contribution in [0.4, 0.5) is 0 Å². The lowest BCUT2D eigenvalue weighted by molar-refractivity contribution is -0.153. The number of hydrogen-bond donors (Lipinski definition) is 1. The number of aryl methyl sites for hydroxylation is 1. The number of likely N-dealkylation sites (tertiary alicyclic amines) is 1. The fourth-order valence-corrected chi connectivity index (χ4v) is 4.21. The van der Waals surface area contributed by atoms with Gasteiger partial charge in [0.25, 0.3) is 0 Å². The molecule has 2 rings (SSSR count). The first-order chi connectivity index (χ1) is 9.90. The fraction of sp³-hybridized carbons (Fsp3) is 0.600. The van der Waals surface area contributed by atoms with E-state index in [-0.39, 0.29) is 5.91 Å². The Morgan fingerprint density at radius 3 is 2.86 bits per heavy atom. The minimum atomic E-state index is -0.802. The number of piperidine rings is 1. The largest absolute Gasteiger partial charge is 0.481 e. The number of carbonyl (C=O) groups is 2. The Morgan fingerprint density at radius 1 is 1.48 bits per heavy atom. The molecule has 1 aromatic rings. The van der Waals surface area contributed by atoms with Crippen molar-refractivity contribution in [2.75, 3.05) is 13.1 Å². The van der Waals surface area contributed by atoms with Crippen molar-refractivity contribution in [3.8, 4) is 0 Å². The summed E-state index contributed by atoms with van der Waals surface area (Å²) in [7, 11) is 0. The van der Waals surface area contributed by atoms with Crippen molar-refractivity contribution in [2.24, 2.45) is 5.41 Å². The van der Waals surface area contributed by atoms with Gasteiger partial charge in [-0.3, -0.25) is 9.59 Å². The number of hydrogen-bond acceptors (Lipinski definition) is 3. The smallest absolute Gasteiger partial charge is 0.311 e. The van der Waals surface area contributed by atoms with Crippen LogP contribution in [0.1, 0.15) is 37.5 Å². The molecular formula is C15H20BrNO3S. The zero-order valence-corrected chi connectivity index (χ0v) is 14.5. The second kappa shape index (κ2) is 6.92. The Bertz CT molecular complexity index is 531. The van der Waals surface area contributed by atoms with Gasteiger partial charge in [-0.05, 0) is 60.7 Å². The van der Waals surface area contributed by atoms with Gasteiger partial charge in [-0.25, -0.2) is 0 Å². The van der Waals surface area contributed by atoms with Gasteiger partial charge in [0.1, 0.15) is 0 Å². The second-order valence-electron chi connectivity index (χ2n) is 5.84. The molecule has 0 radical (unpaired) electrons. The highest BCUT2D eigenvalue weighted by Gasteiger charge is 2.39. The summed E-state index contributed by atoms with van der Waals surface area (Å²) in [6.45, 7) is 2.76. The quantitative estimate of drug-likeness (QED) is 0.858. The maximum atomic E-state index is 12.2. The Hall–Kier alpha value is -0.880. The summed E-state index contributed by atoms with van der Waals surface area (Å²) in [5.74, 6) is -0.721. The summed E-state index contributed by atoms with van der Waals surface area (Å²) in [6, 6.07) is 4.09. The van der Waals surface area contributed by atoms with Crippen molar-refractivity contribution in [1.82, 2.24) is 4.90 Å². The SMILES string of the molecule is CC1(C(=O)O)CCCN(C(=O)CCCc2ccc(Br)s2)C1. The molecule has 1 aromatic heterocycles. The van der Waals surface area contributed by atoms with Crippen LogP contribution in [-0.4, -0.2) is 35.0 Å². The standard InChI is InChI=1S/C15H20BrNO3S/c1-15(14(19)20)8-3-9-17(10-15)13(18)5-2-4-11-6-7-12(16)21-11/h6-7H,2-5,8-10H2,1H3,(H,19,20). The average molecular weight is 374 g/mol. The van der Waals surface area contributed by atoms with E-state index in [0.29, 0.717) is 25.9 Å². The minimum Gasteiger partial charge on any atom is -0.481 e. The molecule has 1 amide bonds. The van der Waals surface area contributed by atoms with E-state index >= 15 is 0 Å². The molecule has 0 spiro atoms. The van der Waals surface area contributed by atoms with Crippen molar-refractivity contribution in [1.29, 1.82) is 0 Å². The summed E-state index contributed by atoms with van der Waals surface area (Å²) >= 11 is 5.12. The van der Waals surface area contributed by atoms with E-state index < -0.39 is 11.4 Å². The Kier molecular flexibility index (Phi) is 5.43. The Morgan fingerprint density at radius 2 is 2.24 bits per heavy atom. The molecule has 0 aliphatic carbocycles. The normalized spacial score (nSPS) is 22.3. The van der Waals surface area contributed by atoms with Crippen LogP contribution >= 0.6 is 27.3 Å². The number of rotatable bonds is 5. The van der Waals surface area contributed by atoms with Crippen LogP contribution in [0.2, 0.25) is 0 Å². The molecule has 1 saturated heterocycles. The van der Waals surface area contributed by atoms with Gasteiger partial charge in [0, 0.05) is 24.4 Å². The molecule has 1 aliphatic heterocycles. The topological polar surface area (TPSA) is 57.6 Å². The number of aliphatic carboxylic acids is 1. The molecular weight excluding hydrogens is 354 g/mol. The lowest BCUT2D eigenvalue weighted by Crippen LogP contribution is -2.48. The first-order valence-electron chi connectivity index (χ1n) is 7.16. The number of carboxylic acid groups (broad SMARTS) is 1. The van der Waals surface area contributed by atoms with Crippen LogP contribution in [0.5, 0.6) is 0 Å². The maximum Gasteiger partial charge on any atom is 0.311 e. The van der Waals surface area contributed by atoms with Crippen LogP contribution in [0.25, 0.3) is 0 Å². The number of amides is 1. The third-order valence-corrected chi connectivity index (χ3v) is 5.69. The number of nitrogens with zero attached hydrogens (tertiary/aromatic N) is 1. The molecule has 1 N–H and O–H groups in total. The maximum absolute atomic E-state index is 12.2. The van der Waals surface area contributed by atoms with E-state index in [1.807, 2.05) is 6.07 Å². The number of thiophene rings is 1. The highest BCUT2D eigenvalue weighted by Crippen LogP contribution is 2.30. The average Bonchev–Trinajstić information content (AvgIpc) is 2.84. The summed E-state index contributed by atoms with van der Waals surface area (Å²) < 4.78 is 1.11. The molecule has 21 heavy (non-hydrogen) atoms. The van der Waals surface area contributed by atoms with Crippen molar-refractivity contribution < 1.29 is 14.7 Å². The van der Waals surface area contributed by atoms with Crippen LogP contribution in [0.3, 0.4) is 0 Å². The molecule has 1 aliphatic rings. The molecule has 0 saturated carbocycles.